The third kappa shape index (κ3) is 4.24. The molecule has 3 rings (SSSR count). The van der Waals surface area contributed by atoms with Gasteiger partial charge in [-0.25, -0.2) is 0 Å². The van der Waals surface area contributed by atoms with Gasteiger partial charge in [0.25, 0.3) is 5.91 Å². The quantitative estimate of drug-likeness (QED) is 0.859. The fourth-order valence-corrected chi connectivity index (χ4v) is 3.24. The van der Waals surface area contributed by atoms with E-state index in [1.165, 1.54) is 11.1 Å². The lowest BCUT2D eigenvalue weighted by Gasteiger charge is -2.22. The molecule has 0 aliphatic carbocycles. The zero-order valence-electron chi connectivity index (χ0n) is 14.4. The van der Waals surface area contributed by atoms with E-state index >= 15 is 0 Å². The van der Waals surface area contributed by atoms with Gasteiger partial charge in [0, 0.05) is 38.3 Å². The first-order chi connectivity index (χ1) is 11.8. The van der Waals surface area contributed by atoms with E-state index in [1.54, 1.807) is 0 Å². The standard InChI is InChI=1S/C21H26N2O/c1-2-18-9-11-20(12-10-18)21(24)23-14-6-13-22(15-16-23)17-19-7-4-3-5-8-19/h3-5,7-12H,2,6,13-17H2,1H3. The predicted octanol–water partition coefficient (Wildman–Crippen LogP) is 3.60. The Morgan fingerprint density at radius 2 is 1.62 bits per heavy atom. The second kappa shape index (κ2) is 8.11. The summed E-state index contributed by atoms with van der Waals surface area (Å²) in [6.07, 6.45) is 2.04. The molecule has 0 bridgehead atoms. The molecule has 3 nitrogen and oxygen atoms in total. The van der Waals surface area contributed by atoms with E-state index in [4.69, 9.17) is 0 Å². The van der Waals surface area contributed by atoms with Crippen molar-refractivity contribution in [3.05, 3.63) is 71.3 Å². The average Bonchev–Trinajstić information content (AvgIpc) is 2.88. The summed E-state index contributed by atoms with van der Waals surface area (Å²) in [4.78, 5) is 17.2. The monoisotopic (exact) mass is 322 g/mol. The molecule has 24 heavy (non-hydrogen) atoms. The fourth-order valence-electron chi connectivity index (χ4n) is 3.24. The van der Waals surface area contributed by atoms with Crippen molar-refractivity contribution in [1.29, 1.82) is 0 Å². The van der Waals surface area contributed by atoms with Gasteiger partial charge in [-0.2, -0.15) is 0 Å². The Labute approximate surface area is 144 Å². The molecule has 2 aromatic carbocycles. The molecular formula is C21H26N2O. The first-order valence-electron chi connectivity index (χ1n) is 8.91. The summed E-state index contributed by atoms with van der Waals surface area (Å²) in [7, 11) is 0. The van der Waals surface area contributed by atoms with E-state index in [2.05, 4.69) is 54.3 Å². The third-order valence-electron chi connectivity index (χ3n) is 4.73. The molecule has 0 aromatic heterocycles. The van der Waals surface area contributed by atoms with Gasteiger partial charge in [-0.3, -0.25) is 9.69 Å². The molecule has 2 aromatic rings. The molecule has 1 amide bonds. The van der Waals surface area contributed by atoms with Crippen LogP contribution in [0.1, 0.15) is 34.8 Å². The number of rotatable bonds is 4. The van der Waals surface area contributed by atoms with E-state index in [9.17, 15) is 4.79 Å². The predicted molar refractivity (Wildman–Crippen MR) is 98.1 cm³/mol. The van der Waals surface area contributed by atoms with Gasteiger partial charge in [0.05, 0.1) is 0 Å². The van der Waals surface area contributed by atoms with Gasteiger partial charge in [-0.1, -0.05) is 49.4 Å². The number of hydrogen-bond donors (Lipinski definition) is 0. The molecule has 1 aliphatic heterocycles. The van der Waals surface area contributed by atoms with Gasteiger partial charge in [0.15, 0.2) is 0 Å². The number of benzene rings is 2. The summed E-state index contributed by atoms with van der Waals surface area (Å²) in [5.74, 6) is 0.166. The van der Waals surface area contributed by atoms with Crippen LogP contribution in [-0.4, -0.2) is 41.9 Å². The molecular weight excluding hydrogens is 296 g/mol. The highest BCUT2D eigenvalue weighted by molar-refractivity contribution is 5.94. The number of carbonyl (C=O) groups is 1. The smallest absolute Gasteiger partial charge is 0.253 e. The van der Waals surface area contributed by atoms with Gasteiger partial charge in [-0.05, 0) is 36.1 Å². The number of hydrogen-bond acceptors (Lipinski definition) is 2. The Hall–Kier alpha value is -2.13. The molecule has 0 spiro atoms. The van der Waals surface area contributed by atoms with Crippen LogP contribution >= 0.6 is 0 Å². The summed E-state index contributed by atoms with van der Waals surface area (Å²) in [5.41, 5.74) is 3.42. The molecule has 3 heteroatoms. The minimum atomic E-state index is 0.166. The first-order valence-corrected chi connectivity index (χ1v) is 8.91. The van der Waals surface area contributed by atoms with Crippen molar-refractivity contribution < 1.29 is 4.79 Å². The van der Waals surface area contributed by atoms with E-state index in [0.717, 1.165) is 51.1 Å². The molecule has 0 saturated carbocycles. The normalized spacial score (nSPS) is 16.0. The zero-order valence-corrected chi connectivity index (χ0v) is 14.4. The topological polar surface area (TPSA) is 23.6 Å². The van der Waals surface area contributed by atoms with E-state index < -0.39 is 0 Å². The molecule has 0 radical (unpaired) electrons. The Bertz CT molecular complexity index is 651. The van der Waals surface area contributed by atoms with Crippen molar-refractivity contribution in [3.63, 3.8) is 0 Å². The Balaban J connectivity index is 1.59. The Morgan fingerprint density at radius 1 is 0.875 bits per heavy atom. The van der Waals surface area contributed by atoms with Gasteiger partial charge in [-0.15, -0.1) is 0 Å². The molecule has 1 fully saturated rings. The van der Waals surface area contributed by atoms with Crippen LogP contribution in [0.5, 0.6) is 0 Å². The van der Waals surface area contributed by atoms with Crippen molar-refractivity contribution in [2.75, 3.05) is 26.2 Å². The van der Waals surface area contributed by atoms with Gasteiger partial charge >= 0.3 is 0 Å². The molecule has 0 N–H and O–H groups in total. The summed E-state index contributed by atoms with van der Waals surface area (Å²) in [6, 6.07) is 18.6. The summed E-state index contributed by atoms with van der Waals surface area (Å²) >= 11 is 0. The van der Waals surface area contributed by atoms with Gasteiger partial charge in [0.2, 0.25) is 0 Å². The molecule has 1 heterocycles. The fraction of sp³-hybridized carbons (Fsp3) is 0.381. The zero-order chi connectivity index (χ0) is 16.8. The number of amides is 1. The molecule has 1 saturated heterocycles. The maximum absolute atomic E-state index is 12.7. The maximum atomic E-state index is 12.7. The first kappa shape index (κ1) is 16.7. The van der Waals surface area contributed by atoms with E-state index in [1.807, 2.05) is 17.0 Å². The van der Waals surface area contributed by atoms with Crippen LogP contribution in [0.2, 0.25) is 0 Å². The van der Waals surface area contributed by atoms with Crippen LogP contribution in [0.4, 0.5) is 0 Å². The lowest BCUT2D eigenvalue weighted by Crippen LogP contribution is -2.35. The largest absolute Gasteiger partial charge is 0.337 e. The Morgan fingerprint density at radius 3 is 2.33 bits per heavy atom. The summed E-state index contributed by atoms with van der Waals surface area (Å²) < 4.78 is 0. The maximum Gasteiger partial charge on any atom is 0.253 e. The third-order valence-corrected chi connectivity index (χ3v) is 4.73. The van der Waals surface area contributed by atoms with Gasteiger partial charge in [0.1, 0.15) is 0 Å². The number of aryl methyl sites for hydroxylation is 1. The van der Waals surface area contributed by atoms with Crippen LogP contribution in [0.25, 0.3) is 0 Å². The second-order valence-corrected chi connectivity index (χ2v) is 6.46. The SMILES string of the molecule is CCc1ccc(C(=O)N2CCCN(Cc3ccccc3)CC2)cc1. The van der Waals surface area contributed by atoms with Crippen LogP contribution in [0.3, 0.4) is 0 Å². The highest BCUT2D eigenvalue weighted by Crippen LogP contribution is 2.13. The van der Waals surface area contributed by atoms with Crippen molar-refractivity contribution in [1.82, 2.24) is 9.80 Å². The lowest BCUT2D eigenvalue weighted by atomic mass is 10.1. The van der Waals surface area contributed by atoms with Crippen molar-refractivity contribution in [2.24, 2.45) is 0 Å². The molecule has 126 valence electrons. The second-order valence-electron chi connectivity index (χ2n) is 6.46. The van der Waals surface area contributed by atoms with E-state index in [-0.39, 0.29) is 5.91 Å². The van der Waals surface area contributed by atoms with Crippen molar-refractivity contribution in [3.8, 4) is 0 Å². The van der Waals surface area contributed by atoms with Crippen molar-refractivity contribution in [2.45, 2.75) is 26.3 Å². The summed E-state index contributed by atoms with van der Waals surface area (Å²) in [5, 5.41) is 0. The molecule has 1 aliphatic rings. The van der Waals surface area contributed by atoms with E-state index in [0.29, 0.717) is 0 Å². The highest BCUT2D eigenvalue weighted by atomic mass is 16.2. The van der Waals surface area contributed by atoms with Gasteiger partial charge < -0.3 is 4.90 Å². The Kier molecular flexibility index (Phi) is 5.65. The average molecular weight is 322 g/mol. The molecule has 0 unspecified atom stereocenters. The minimum Gasteiger partial charge on any atom is -0.337 e. The van der Waals surface area contributed by atoms with Crippen LogP contribution in [0, 0.1) is 0 Å². The molecule has 0 atom stereocenters. The van der Waals surface area contributed by atoms with Crippen LogP contribution in [-0.2, 0) is 13.0 Å². The minimum absolute atomic E-state index is 0.166. The van der Waals surface area contributed by atoms with Crippen LogP contribution in [0.15, 0.2) is 54.6 Å². The highest BCUT2D eigenvalue weighted by Gasteiger charge is 2.20. The number of nitrogens with zero attached hydrogens (tertiary/aromatic N) is 2. The van der Waals surface area contributed by atoms with Crippen LogP contribution < -0.4 is 0 Å². The number of carbonyl (C=O) groups excluding carboxylic acids is 1. The van der Waals surface area contributed by atoms with Crippen molar-refractivity contribution >= 4 is 5.91 Å². The summed E-state index contributed by atoms with van der Waals surface area (Å²) in [6.45, 7) is 6.74. The lowest BCUT2D eigenvalue weighted by molar-refractivity contribution is 0.0761.